The van der Waals surface area contributed by atoms with E-state index in [-0.39, 0.29) is 5.91 Å². The van der Waals surface area contributed by atoms with E-state index in [1.165, 1.54) is 4.88 Å². The lowest BCUT2D eigenvalue weighted by Crippen LogP contribution is -2.30. The summed E-state index contributed by atoms with van der Waals surface area (Å²) in [7, 11) is 0. The van der Waals surface area contributed by atoms with Gasteiger partial charge in [0.1, 0.15) is 0 Å². The van der Waals surface area contributed by atoms with Gasteiger partial charge in [-0.2, -0.15) is 5.10 Å². The van der Waals surface area contributed by atoms with Crippen molar-refractivity contribution in [3.05, 3.63) is 33.5 Å². The van der Waals surface area contributed by atoms with Crippen LogP contribution in [0.25, 0.3) is 0 Å². The lowest BCUT2D eigenvalue weighted by atomic mass is 10.2. The van der Waals surface area contributed by atoms with Gasteiger partial charge in [0.15, 0.2) is 0 Å². The van der Waals surface area contributed by atoms with Crippen LogP contribution in [0, 0.1) is 13.8 Å². The molecule has 0 atom stereocenters. The normalized spacial score (nSPS) is 14.9. The van der Waals surface area contributed by atoms with Crippen LogP contribution in [0.3, 0.4) is 0 Å². The van der Waals surface area contributed by atoms with E-state index in [9.17, 15) is 4.79 Å². The van der Waals surface area contributed by atoms with Crippen LogP contribution >= 0.6 is 11.3 Å². The number of rotatable bonds is 3. The van der Waals surface area contributed by atoms with Gasteiger partial charge in [0.2, 0.25) is 5.91 Å². The molecule has 0 bridgehead atoms. The van der Waals surface area contributed by atoms with E-state index in [2.05, 4.69) is 16.1 Å². The molecular weight excluding hydrogens is 284 g/mol. The molecular formula is C15H20N4OS. The number of thiazole rings is 1. The van der Waals surface area contributed by atoms with Crippen molar-refractivity contribution in [2.24, 2.45) is 0 Å². The predicted molar refractivity (Wildman–Crippen MR) is 82.2 cm³/mol. The number of aromatic nitrogens is 3. The fourth-order valence-corrected chi connectivity index (χ4v) is 3.54. The minimum absolute atomic E-state index is 0.232. The first-order chi connectivity index (χ1) is 10.1. The van der Waals surface area contributed by atoms with Gasteiger partial charge in [0.05, 0.1) is 29.1 Å². The van der Waals surface area contributed by atoms with E-state index in [4.69, 9.17) is 0 Å². The van der Waals surface area contributed by atoms with Crippen LogP contribution in [0.2, 0.25) is 0 Å². The second-order valence-electron chi connectivity index (χ2n) is 5.53. The summed E-state index contributed by atoms with van der Waals surface area (Å²) < 4.78 is 2.04. The quantitative estimate of drug-likeness (QED) is 0.874. The highest BCUT2D eigenvalue weighted by Gasteiger charge is 2.20. The Morgan fingerprint density at radius 2 is 2.24 bits per heavy atom. The first-order valence-corrected chi connectivity index (χ1v) is 8.21. The van der Waals surface area contributed by atoms with Crippen LogP contribution in [-0.4, -0.2) is 32.1 Å². The molecule has 3 rings (SSSR count). The summed E-state index contributed by atoms with van der Waals surface area (Å²) in [5.41, 5.74) is 5.08. The summed E-state index contributed by atoms with van der Waals surface area (Å²) in [4.78, 5) is 19.9. The minimum atomic E-state index is 0.232. The van der Waals surface area contributed by atoms with Crippen molar-refractivity contribution in [2.75, 3.05) is 6.54 Å². The Kier molecular flexibility index (Phi) is 4.05. The molecule has 0 saturated heterocycles. The lowest BCUT2D eigenvalue weighted by Gasteiger charge is -2.19. The van der Waals surface area contributed by atoms with E-state index in [0.717, 1.165) is 43.0 Å². The van der Waals surface area contributed by atoms with Gasteiger partial charge >= 0.3 is 0 Å². The average molecular weight is 304 g/mol. The summed E-state index contributed by atoms with van der Waals surface area (Å²) in [6.07, 6.45) is 2.33. The molecule has 0 aliphatic carbocycles. The number of carbonyl (C=O) groups excluding carboxylic acids is 1. The second-order valence-corrected chi connectivity index (χ2v) is 6.47. The molecule has 1 aliphatic rings. The fourth-order valence-electron chi connectivity index (χ4n) is 2.76. The maximum absolute atomic E-state index is 12.5. The van der Waals surface area contributed by atoms with Crippen LogP contribution in [0.15, 0.2) is 11.6 Å². The number of fused-ring (bicyclic) bond motifs is 1. The number of amides is 1. The van der Waals surface area contributed by atoms with E-state index < -0.39 is 0 Å². The van der Waals surface area contributed by atoms with E-state index in [1.807, 2.05) is 28.9 Å². The van der Waals surface area contributed by atoms with Crippen molar-refractivity contribution < 1.29 is 4.79 Å². The fraction of sp³-hybridized carbons (Fsp3) is 0.533. The molecule has 3 heterocycles. The lowest BCUT2D eigenvalue weighted by molar-refractivity contribution is -0.131. The zero-order valence-electron chi connectivity index (χ0n) is 12.5. The summed E-state index contributed by atoms with van der Waals surface area (Å²) >= 11 is 1.64. The largest absolute Gasteiger partial charge is 0.337 e. The zero-order valence-corrected chi connectivity index (χ0v) is 13.3. The summed E-state index contributed by atoms with van der Waals surface area (Å²) in [6.45, 7) is 6.41. The van der Waals surface area contributed by atoms with Crippen LogP contribution in [0.1, 0.15) is 34.8 Å². The van der Waals surface area contributed by atoms with Gasteiger partial charge in [-0.25, -0.2) is 4.98 Å². The molecule has 0 unspecified atom stereocenters. The van der Waals surface area contributed by atoms with Gasteiger partial charge in [-0.05, 0) is 32.8 Å². The monoisotopic (exact) mass is 304 g/mol. The van der Waals surface area contributed by atoms with Crippen molar-refractivity contribution >= 4 is 17.2 Å². The van der Waals surface area contributed by atoms with Gasteiger partial charge in [0.25, 0.3) is 0 Å². The molecule has 1 aliphatic heterocycles. The molecule has 0 aromatic carbocycles. The Morgan fingerprint density at radius 1 is 1.38 bits per heavy atom. The summed E-state index contributed by atoms with van der Waals surface area (Å²) in [5, 5.41) is 4.48. The average Bonchev–Trinajstić information content (AvgIpc) is 2.95. The molecule has 0 saturated carbocycles. The zero-order chi connectivity index (χ0) is 14.8. The van der Waals surface area contributed by atoms with Crippen molar-refractivity contribution in [3.8, 4) is 0 Å². The molecule has 0 N–H and O–H groups in total. The SMILES string of the molecule is Cc1cc2n(n1)CCCN(C(=O)CCc1scnc1C)C2. The molecule has 6 heteroatoms. The first kappa shape index (κ1) is 14.3. The van der Waals surface area contributed by atoms with Gasteiger partial charge in [0, 0.05) is 24.4 Å². The highest BCUT2D eigenvalue weighted by molar-refractivity contribution is 7.09. The van der Waals surface area contributed by atoms with Crippen LogP contribution in [0.5, 0.6) is 0 Å². The van der Waals surface area contributed by atoms with E-state index >= 15 is 0 Å². The smallest absolute Gasteiger partial charge is 0.223 e. The van der Waals surface area contributed by atoms with E-state index in [0.29, 0.717) is 13.0 Å². The molecule has 5 nitrogen and oxygen atoms in total. The number of aryl methyl sites for hydroxylation is 4. The Balaban J connectivity index is 1.63. The minimum Gasteiger partial charge on any atom is -0.337 e. The van der Waals surface area contributed by atoms with E-state index in [1.54, 1.807) is 11.3 Å². The highest BCUT2D eigenvalue weighted by Crippen LogP contribution is 2.17. The molecule has 2 aromatic heterocycles. The van der Waals surface area contributed by atoms with Crippen molar-refractivity contribution in [1.29, 1.82) is 0 Å². The predicted octanol–water partition coefficient (Wildman–Crippen LogP) is 2.32. The van der Waals surface area contributed by atoms with Gasteiger partial charge in [-0.15, -0.1) is 11.3 Å². The molecule has 21 heavy (non-hydrogen) atoms. The summed E-state index contributed by atoms with van der Waals surface area (Å²) in [6, 6.07) is 2.08. The Hall–Kier alpha value is -1.69. The third-order valence-corrected chi connectivity index (χ3v) is 4.89. The Labute approximate surface area is 128 Å². The molecule has 0 spiro atoms. The second kappa shape index (κ2) is 5.97. The maximum atomic E-state index is 12.5. The third-order valence-electron chi connectivity index (χ3n) is 3.90. The number of hydrogen-bond donors (Lipinski definition) is 0. The topological polar surface area (TPSA) is 51.0 Å². The number of carbonyl (C=O) groups is 1. The summed E-state index contributed by atoms with van der Waals surface area (Å²) in [5.74, 6) is 0.232. The van der Waals surface area contributed by atoms with Crippen LogP contribution in [0.4, 0.5) is 0 Å². The Morgan fingerprint density at radius 3 is 3.00 bits per heavy atom. The van der Waals surface area contributed by atoms with Crippen molar-refractivity contribution in [1.82, 2.24) is 19.7 Å². The third kappa shape index (κ3) is 3.15. The molecule has 112 valence electrons. The van der Waals surface area contributed by atoms with Crippen molar-refractivity contribution in [3.63, 3.8) is 0 Å². The number of hydrogen-bond acceptors (Lipinski definition) is 4. The van der Waals surface area contributed by atoms with Crippen LogP contribution < -0.4 is 0 Å². The van der Waals surface area contributed by atoms with Gasteiger partial charge in [-0.3, -0.25) is 9.48 Å². The first-order valence-electron chi connectivity index (χ1n) is 7.33. The molecule has 2 aromatic rings. The maximum Gasteiger partial charge on any atom is 0.223 e. The van der Waals surface area contributed by atoms with Crippen LogP contribution in [-0.2, 0) is 24.3 Å². The molecule has 0 radical (unpaired) electrons. The number of nitrogens with zero attached hydrogens (tertiary/aromatic N) is 4. The van der Waals surface area contributed by atoms with Gasteiger partial charge < -0.3 is 4.90 Å². The Bertz CT molecular complexity index is 646. The van der Waals surface area contributed by atoms with Crippen molar-refractivity contribution in [2.45, 2.75) is 46.2 Å². The molecule has 1 amide bonds. The standard InChI is InChI=1S/C15H20N4OS/c1-11-8-13-9-18(6-3-7-19(13)17-11)15(20)5-4-14-12(2)16-10-21-14/h8,10H,3-7,9H2,1-2H3. The van der Waals surface area contributed by atoms with Gasteiger partial charge in [-0.1, -0.05) is 0 Å². The highest BCUT2D eigenvalue weighted by atomic mass is 32.1. The molecule has 0 fully saturated rings.